The van der Waals surface area contributed by atoms with Gasteiger partial charge in [0.2, 0.25) is 10.0 Å². The molecule has 0 radical (unpaired) electrons. The van der Waals surface area contributed by atoms with Gasteiger partial charge in [0.05, 0.1) is 16.7 Å². The minimum Gasteiger partial charge on any atom is -0.488 e. The number of hydrogen-bond donors (Lipinski definition) is 2. The lowest BCUT2D eigenvalue weighted by atomic mass is 9.89. The average Bonchev–Trinajstić information content (AvgIpc) is 2.43. The lowest BCUT2D eigenvalue weighted by Gasteiger charge is -2.27. The van der Waals surface area contributed by atoms with E-state index in [1.807, 2.05) is 0 Å². The fourth-order valence-electron chi connectivity index (χ4n) is 2.58. The van der Waals surface area contributed by atoms with Crippen LogP contribution in [0, 0.1) is 5.92 Å². The molecular formula is C15H24N2O3S. The molecule has 1 aromatic rings. The fourth-order valence-corrected chi connectivity index (χ4v) is 3.64. The fraction of sp³-hybridized carbons (Fsp3) is 0.600. The van der Waals surface area contributed by atoms with Crippen molar-refractivity contribution in [2.45, 2.75) is 50.5 Å². The van der Waals surface area contributed by atoms with Crippen LogP contribution in [0.3, 0.4) is 0 Å². The summed E-state index contributed by atoms with van der Waals surface area (Å²) in [5, 5.41) is 0. The highest BCUT2D eigenvalue weighted by Gasteiger charge is 2.21. The summed E-state index contributed by atoms with van der Waals surface area (Å²) < 4.78 is 32.4. The van der Waals surface area contributed by atoms with Crippen LogP contribution in [0.15, 0.2) is 23.1 Å². The Morgan fingerprint density at radius 2 is 1.95 bits per heavy atom. The van der Waals surface area contributed by atoms with E-state index in [2.05, 4.69) is 11.6 Å². The molecule has 1 saturated carbocycles. The van der Waals surface area contributed by atoms with Crippen LogP contribution in [0.5, 0.6) is 5.75 Å². The Bertz CT molecular complexity index is 579. The number of ether oxygens (including phenoxy) is 1. The van der Waals surface area contributed by atoms with E-state index in [0.29, 0.717) is 18.0 Å². The van der Waals surface area contributed by atoms with Crippen molar-refractivity contribution in [3.05, 3.63) is 18.2 Å². The van der Waals surface area contributed by atoms with Gasteiger partial charge in [0.25, 0.3) is 0 Å². The first-order valence-corrected chi connectivity index (χ1v) is 8.96. The maximum Gasteiger partial charge on any atom is 0.240 e. The summed E-state index contributed by atoms with van der Waals surface area (Å²) in [4.78, 5) is 0.192. The maximum atomic E-state index is 12.0. The van der Waals surface area contributed by atoms with Crippen LogP contribution in [0.1, 0.15) is 39.5 Å². The number of nitrogens with two attached hydrogens (primary N) is 1. The van der Waals surface area contributed by atoms with E-state index >= 15 is 0 Å². The molecule has 0 aliphatic heterocycles. The topological polar surface area (TPSA) is 81.4 Å². The van der Waals surface area contributed by atoms with E-state index in [4.69, 9.17) is 10.5 Å². The molecule has 1 aliphatic carbocycles. The zero-order valence-corrected chi connectivity index (χ0v) is 13.4. The SMILES string of the molecule is CCNS(=O)(=O)c1ccc(N)c(OC2CCC(C)CC2)c1. The standard InChI is InChI=1S/C15H24N2O3S/c1-3-17-21(18,19)13-8-9-14(16)15(10-13)20-12-6-4-11(2)5-7-12/h8-12,17H,3-7,16H2,1-2H3. The molecule has 0 saturated heterocycles. The lowest BCUT2D eigenvalue weighted by molar-refractivity contribution is 0.136. The van der Waals surface area contributed by atoms with Crippen LogP contribution in [0.4, 0.5) is 5.69 Å². The smallest absolute Gasteiger partial charge is 0.240 e. The molecule has 118 valence electrons. The van der Waals surface area contributed by atoms with Gasteiger partial charge in [0.1, 0.15) is 5.75 Å². The van der Waals surface area contributed by atoms with E-state index < -0.39 is 10.0 Å². The quantitative estimate of drug-likeness (QED) is 0.819. The van der Waals surface area contributed by atoms with E-state index in [-0.39, 0.29) is 11.0 Å². The molecule has 0 amide bonds. The second kappa shape index (κ2) is 6.66. The number of benzene rings is 1. The Kier molecular flexibility index (Phi) is 5.11. The summed E-state index contributed by atoms with van der Waals surface area (Å²) >= 11 is 0. The molecule has 21 heavy (non-hydrogen) atoms. The van der Waals surface area contributed by atoms with Crippen LogP contribution in [0.25, 0.3) is 0 Å². The number of nitrogens with one attached hydrogen (secondary N) is 1. The van der Waals surface area contributed by atoms with Crippen molar-refractivity contribution in [1.82, 2.24) is 4.72 Å². The third-order valence-corrected chi connectivity index (χ3v) is 5.43. The highest BCUT2D eigenvalue weighted by molar-refractivity contribution is 7.89. The van der Waals surface area contributed by atoms with Gasteiger partial charge in [-0.2, -0.15) is 0 Å². The second-order valence-corrected chi connectivity index (χ2v) is 7.47. The van der Waals surface area contributed by atoms with Crippen molar-refractivity contribution >= 4 is 15.7 Å². The Balaban J connectivity index is 2.16. The number of sulfonamides is 1. The number of hydrogen-bond acceptors (Lipinski definition) is 4. The van der Waals surface area contributed by atoms with E-state index in [1.165, 1.54) is 12.1 Å². The highest BCUT2D eigenvalue weighted by atomic mass is 32.2. The average molecular weight is 312 g/mol. The number of anilines is 1. The molecule has 0 bridgehead atoms. The first-order chi connectivity index (χ1) is 9.92. The summed E-state index contributed by atoms with van der Waals surface area (Å²) in [6.45, 7) is 4.34. The predicted octanol–water partition coefficient (Wildman–Crippen LogP) is 2.52. The van der Waals surface area contributed by atoms with Crippen molar-refractivity contribution in [3.63, 3.8) is 0 Å². The van der Waals surface area contributed by atoms with E-state index in [9.17, 15) is 8.42 Å². The zero-order chi connectivity index (χ0) is 15.5. The van der Waals surface area contributed by atoms with Gasteiger partial charge in [0, 0.05) is 12.6 Å². The molecule has 0 aromatic heterocycles. The van der Waals surface area contributed by atoms with Crippen molar-refractivity contribution in [3.8, 4) is 5.75 Å². The molecule has 0 spiro atoms. The number of rotatable bonds is 5. The summed E-state index contributed by atoms with van der Waals surface area (Å²) in [6, 6.07) is 4.61. The molecule has 0 atom stereocenters. The van der Waals surface area contributed by atoms with Crippen LogP contribution in [-0.2, 0) is 10.0 Å². The lowest BCUT2D eigenvalue weighted by Crippen LogP contribution is -2.25. The Morgan fingerprint density at radius 3 is 2.57 bits per heavy atom. The third-order valence-electron chi connectivity index (χ3n) is 3.89. The first-order valence-electron chi connectivity index (χ1n) is 7.48. The molecular weight excluding hydrogens is 288 g/mol. The molecule has 0 heterocycles. The van der Waals surface area contributed by atoms with Gasteiger partial charge in [-0.25, -0.2) is 13.1 Å². The normalized spacial score (nSPS) is 23.0. The van der Waals surface area contributed by atoms with Crippen molar-refractivity contribution < 1.29 is 13.2 Å². The summed E-state index contributed by atoms with van der Waals surface area (Å²) in [6.07, 6.45) is 4.38. The predicted molar refractivity (Wildman–Crippen MR) is 83.8 cm³/mol. The summed E-state index contributed by atoms with van der Waals surface area (Å²) in [5.41, 5.74) is 6.39. The Hall–Kier alpha value is -1.27. The third kappa shape index (κ3) is 4.11. The molecule has 2 rings (SSSR count). The van der Waals surface area contributed by atoms with Gasteiger partial charge in [0.15, 0.2) is 0 Å². The van der Waals surface area contributed by atoms with Crippen molar-refractivity contribution in [1.29, 1.82) is 0 Å². The van der Waals surface area contributed by atoms with Gasteiger partial charge in [-0.15, -0.1) is 0 Å². The molecule has 6 heteroatoms. The first kappa shape index (κ1) is 16.1. The van der Waals surface area contributed by atoms with Crippen LogP contribution < -0.4 is 15.2 Å². The molecule has 1 fully saturated rings. The molecule has 3 N–H and O–H groups in total. The molecule has 0 unspecified atom stereocenters. The van der Waals surface area contributed by atoms with Gasteiger partial charge in [-0.05, 0) is 43.7 Å². The van der Waals surface area contributed by atoms with Gasteiger partial charge in [-0.3, -0.25) is 0 Å². The van der Waals surface area contributed by atoms with Crippen molar-refractivity contribution in [2.75, 3.05) is 12.3 Å². The van der Waals surface area contributed by atoms with Crippen LogP contribution in [-0.4, -0.2) is 21.1 Å². The molecule has 1 aliphatic rings. The minimum atomic E-state index is -3.48. The van der Waals surface area contributed by atoms with E-state index in [1.54, 1.807) is 13.0 Å². The monoisotopic (exact) mass is 312 g/mol. The van der Waals surface area contributed by atoms with E-state index in [0.717, 1.165) is 31.6 Å². The summed E-state index contributed by atoms with van der Waals surface area (Å²) in [5.74, 6) is 1.20. The van der Waals surface area contributed by atoms with Gasteiger partial charge < -0.3 is 10.5 Å². The Labute approximate surface area is 126 Å². The second-order valence-electron chi connectivity index (χ2n) is 5.70. The Morgan fingerprint density at radius 1 is 1.29 bits per heavy atom. The minimum absolute atomic E-state index is 0.126. The van der Waals surface area contributed by atoms with Gasteiger partial charge >= 0.3 is 0 Å². The summed E-state index contributed by atoms with van der Waals surface area (Å²) in [7, 11) is -3.48. The van der Waals surface area contributed by atoms with Crippen LogP contribution >= 0.6 is 0 Å². The van der Waals surface area contributed by atoms with Crippen molar-refractivity contribution in [2.24, 2.45) is 5.92 Å². The largest absolute Gasteiger partial charge is 0.488 e. The zero-order valence-electron chi connectivity index (χ0n) is 12.6. The maximum absolute atomic E-state index is 12.0. The van der Waals surface area contributed by atoms with Gasteiger partial charge in [-0.1, -0.05) is 13.8 Å². The number of nitrogen functional groups attached to an aromatic ring is 1. The highest BCUT2D eigenvalue weighted by Crippen LogP contribution is 2.31. The molecule has 1 aromatic carbocycles. The van der Waals surface area contributed by atoms with Crippen LogP contribution in [0.2, 0.25) is 0 Å². The molecule has 5 nitrogen and oxygen atoms in total.